The SMILES string of the molecule is CC(Sc1nn(-c2ccc(Cl)cc2)c(=S)s1)C(=O)NC(=O)NC(C)(C)C. The van der Waals surface area contributed by atoms with E-state index in [0.29, 0.717) is 13.3 Å². The first-order valence-electron chi connectivity index (χ1n) is 7.71. The average molecular weight is 431 g/mol. The first-order chi connectivity index (χ1) is 12.0. The van der Waals surface area contributed by atoms with Crippen LogP contribution in [0.3, 0.4) is 0 Å². The summed E-state index contributed by atoms with van der Waals surface area (Å²) in [6, 6.07) is 6.64. The molecule has 2 aromatic rings. The molecule has 0 bridgehead atoms. The van der Waals surface area contributed by atoms with Gasteiger partial charge in [0.2, 0.25) is 5.91 Å². The van der Waals surface area contributed by atoms with Gasteiger partial charge in [-0.05, 0) is 64.2 Å². The van der Waals surface area contributed by atoms with Crippen molar-refractivity contribution >= 4 is 58.9 Å². The number of amides is 3. The Bertz CT molecular complexity index is 856. The lowest BCUT2D eigenvalue weighted by Crippen LogP contribution is -2.49. The van der Waals surface area contributed by atoms with Gasteiger partial charge >= 0.3 is 6.03 Å². The molecule has 1 atom stereocenters. The average Bonchev–Trinajstić information content (AvgIpc) is 2.86. The van der Waals surface area contributed by atoms with Crippen molar-refractivity contribution in [1.82, 2.24) is 20.4 Å². The second-order valence-corrected chi connectivity index (χ2v) is 10.1. The van der Waals surface area contributed by atoms with Crippen LogP contribution in [-0.4, -0.2) is 32.5 Å². The number of carbonyl (C=O) groups excluding carboxylic acids is 2. The van der Waals surface area contributed by atoms with Crippen LogP contribution in [0.5, 0.6) is 0 Å². The Morgan fingerprint density at radius 3 is 2.50 bits per heavy atom. The number of benzene rings is 1. The number of hydrogen-bond donors (Lipinski definition) is 2. The maximum absolute atomic E-state index is 12.2. The lowest BCUT2D eigenvalue weighted by Gasteiger charge is -2.20. The molecule has 2 rings (SSSR count). The molecule has 0 fully saturated rings. The van der Waals surface area contributed by atoms with Crippen molar-refractivity contribution in [2.75, 3.05) is 0 Å². The monoisotopic (exact) mass is 430 g/mol. The Hall–Kier alpha value is -1.42. The van der Waals surface area contributed by atoms with E-state index in [1.165, 1.54) is 23.1 Å². The van der Waals surface area contributed by atoms with Gasteiger partial charge in [-0.25, -0.2) is 9.48 Å². The number of hydrogen-bond acceptors (Lipinski definition) is 6. The molecule has 0 spiro atoms. The molecule has 1 heterocycles. The van der Waals surface area contributed by atoms with E-state index < -0.39 is 22.7 Å². The molecule has 140 valence electrons. The predicted molar refractivity (Wildman–Crippen MR) is 109 cm³/mol. The molecule has 0 saturated carbocycles. The highest BCUT2D eigenvalue weighted by molar-refractivity contribution is 8.02. The van der Waals surface area contributed by atoms with Crippen LogP contribution in [0, 0.1) is 3.95 Å². The molecule has 1 aromatic heterocycles. The molecule has 10 heteroatoms. The second kappa shape index (κ2) is 8.51. The van der Waals surface area contributed by atoms with E-state index in [9.17, 15) is 9.59 Å². The lowest BCUT2D eigenvalue weighted by atomic mass is 10.1. The van der Waals surface area contributed by atoms with E-state index in [2.05, 4.69) is 15.7 Å². The highest BCUT2D eigenvalue weighted by Gasteiger charge is 2.21. The molecule has 6 nitrogen and oxygen atoms in total. The summed E-state index contributed by atoms with van der Waals surface area (Å²) in [6.07, 6.45) is 0. The molecule has 0 aliphatic heterocycles. The minimum atomic E-state index is -0.519. The highest BCUT2D eigenvalue weighted by Crippen LogP contribution is 2.28. The zero-order chi connectivity index (χ0) is 19.5. The molecule has 2 N–H and O–H groups in total. The number of rotatable bonds is 4. The third kappa shape index (κ3) is 6.08. The van der Waals surface area contributed by atoms with Gasteiger partial charge in [0.1, 0.15) is 0 Å². The molecular formula is C16H19ClN4O2S3. The summed E-state index contributed by atoms with van der Waals surface area (Å²) in [5.74, 6) is -0.393. The minimum Gasteiger partial charge on any atom is -0.333 e. The van der Waals surface area contributed by atoms with Crippen LogP contribution < -0.4 is 10.6 Å². The molecule has 0 radical (unpaired) electrons. The number of halogens is 1. The van der Waals surface area contributed by atoms with Gasteiger partial charge in [-0.15, -0.1) is 5.10 Å². The lowest BCUT2D eigenvalue weighted by molar-refractivity contribution is -0.119. The topological polar surface area (TPSA) is 76.0 Å². The van der Waals surface area contributed by atoms with E-state index in [4.69, 9.17) is 23.8 Å². The third-order valence-corrected chi connectivity index (χ3v) is 5.64. The molecular weight excluding hydrogens is 412 g/mol. The van der Waals surface area contributed by atoms with Crippen LogP contribution in [-0.2, 0) is 4.79 Å². The number of carbonyl (C=O) groups is 2. The fourth-order valence-corrected chi connectivity index (χ4v) is 4.48. The Morgan fingerprint density at radius 2 is 1.92 bits per heavy atom. The van der Waals surface area contributed by atoms with Crippen molar-refractivity contribution in [3.8, 4) is 5.69 Å². The predicted octanol–water partition coefficient (Wildman–Crippen LogP) is 4.42. The van der Waals surface area contributed by atoms with Crippen LogP contribution in [0.2, 0.25) is 5.02 Å². The maximum atomic E-state index is 12.2. The van der Waals surface area contributed by atoms with Crippen molar-refractivity contribution in [2.45, 2.75) is 42.8 Å². The number of imide groups is 1. The van der Waals surface area contributed by atoms with Gasteiger partial charge in [0, 0.05) is 10.6 Å². The molecule has 1 unspecified atom stereocenters. The maximum Gasteiger partial charge on any atom is 0.321 e. The van der Waals surface area contributed by atoms with Gasteiger partial charge in [-0.3, -0.25) is 10.1 Å². The standard InChI is InChI=1S/C16H19ClN4O2S3/c1-9(12(22)18-13(23)19-16(2,3)4)25-14-20-21(15(24)26-14)11-7-5-10(17)6-8-11/h5-9H,1-4H3,(H2,18,19,22,23). The Balaban J connectivity index is 2.03. The summed E-state index contributed by atoms with van der Waals surface area (Å²) < 4.78 is 2.83. The second-order valence-electron chi connectivity index (χ2n) is 6.48. The van der Waals surface area contributed by atoms with Gasteiger partial charge in [-0.1, -0.05) is 34.7 Å². The van der Waals surface area contributed by atoms with Gasteiger partial charge < -0.3 is 5.32 Å². The summed E-state index contributed by atoms with van der Waals surface area (Å²) >= 11 is 13.8. The summed E-state index contributed by atoms with van der Waals surface area (Å²) in [5, 5.41) is 9.59. The van der Waals surface area contributed by atoms with Crippen LogP contribution in [0.25, 0.3) is 5.69 Å². The number of thioether (sulfide) groups is 1. The van der Waals surface area contributed by atoms with Crippen molar-refractivity contribution in [1.29, 1.82) is 0 Å². The Labute approximate surface area is 170 Å². The Kier molecular flexibility index (Phi) is 6.84. The first kappa shape index (κ1) is 20.9. The van der Waals surface area contributed by atoms with Crippen LogP contribution in [0.1, 0.15) is 27.7 Å². The zero-order valence-corrected chi connectivity index (χ0v) is 17.9. The summed E-state index contributed by atoms with van der Waals surface area (Å²) in [5.41, 5.74) is 0.376. The molecule has 0 aliphatic carbocycles. The number of urea groups is 1. The number of aromatic nitrogens is 2. The van der Waals surface area contributed by atoms with Gasteiger partial charge in [0.15, 0.2) is 8.29 Å². The number of nitrogens with zero attached hydrogens (tertiary/aromatic N) is 2. The molecule has 0 saturated heterocycles. The van der Waals surface area contributed by atoms with Crippen molar-refractivity contribution in [2.24, 2.45) is 0 Å². The van der Waals surface area contributed by atoms with E-state index in [0.717, 1.165) is 5.69 Å². The summed E-state index contributed by atoms with van der Waals surface area (Å²) in [6.45, 7) is 7.23. The zero-order valence-electron chi connectivity index (χ0n) is 14.7. The van der Waals surface area contributed by atoms with E-state index in [1.54, 1.807) is 23.7 Å². The van der Waals surface area contributed by atoms with E-state index >= 15 is 0 Å². The quantitative estimate of drug-likeness (QED) is 0.554. The Morgan fingerprint density at radius 1 is 1.31 bits per heavy atom. The highest BCUT2D eigenvalue weighted by atomic mass is 35.5. The largest absolute Gasteiger partial charge is 0.333 e. The van der Waals surface area contributed by atoms with Crippen LogP contribution in [0.15, 0.2) is 28.6 Å². The molecule has 0 aliphatic rings. The van der Waals surface area contributed by atoms with Gasteiger partial charge in [-0.2, -0.15) is 0 Å². The smallest absolute Gasteiger partial charge is 0.321 e. The summed E-state index contributed by atoms with van der Waals surface area (Å²) in [7, 11) is 0. The van der Waals surface area contributed by atoms with Crippen LogP contribution in [0.4, 0.5) is 4.79 Å². The molecule has 26 heavy (non-hydrogen) atoms. The molecule has 3 amide bonds. The van der Waals surface area contributed by atoms with Crippen molar-refractivity contribution in [3.63, 3.8) is 0 Å². The summed E-state index contributed by atoms with van der Waals surface area (Å²) in [4.78, 5) is 24.0. The van der Waals surface area contributed by atoms with Gasteiger partial charge in [0.25, 0.3) is 0 Å². The normalized spacial score (nSPS) is 12.5. The first-order valence-corrected chi connectivity index (χ1v) is 10.2. The fraction of sp³-hybridized carbons (Fsp3) is 0.375. The minimum absolute atomic E-state index is 0.393. The van der Waals surface area contributed by atoms with Crippen molar-refractivity contribution in [3.05, 3.63) is 33.2 Å². The van der Waals surface area contributed by atoms with E-state index in [1.807, 2.05) is 32.9 Å². The fourth-order valence-electron chi connectivity index (χ4n) is 1.84. The van der Waals surface area contributed by atoms with Gasteiger partial charge in [0.05, 0.1) is 10.9 Å². The van der Waals surface area contributed by atoms with E-state index in [-0.39, 0.29) is 0 Å². The third-order valence-electron chi connectivity index (χ3n) is 2.97. The van der Waals surface area contributed by atoms with Crippen molar-refractivity contribution < 1.29 is 9.59 Å². The molecule has 1 aromatic carbocycles. The van der Waals surface area contributed by atoms with Crippen LogP contribution >= 0.6 is 46.9 Å². The number of nitrogens with one attached hydrogen (secondary N) is 2.